The van der Waals surface area contributed by atoms with E-state index in [2.05, 4.69) is 95.6 Å². The molecule has 0 aliphatic rings. The summed E-state index contributed by atoms with van der Waals surface area (Å²) >= 11 is 19.6. The molecule has 0 spiro atoms. The Morgan fingerprint density at radius 1 is 0.846 bits per heavy atom. The van der Waals surface area contributed by atoms with Gasteiger partial charge in [0.1, 0.15) is 10.0 Å². The lowest BCUT2D eigenvalue weighted by molar-refractivity contribution is 0.155. The number of rotatable bonds is 4. The highest BCUT2D eigenvalue weighted by atomic mass is 79.9. The van der Waals surface area contributed by atoms with Crippen LogP contribution in [0.2, 0.25) is 0 Å². The van der Waals surface area contributed by atoms with E-state index in [1.807, 2.05) is 12.2 Å². The van der Waals surface area contributed by atoms with Crippen LogP contribution in [0.15, 0.2) is 18.9 Å². The van der Waals surface area contributed by atoms with Gasteiger partial charge in [0.25, 0.3) is 0 Å². The topological polar surface area (TPSA) is 9.23 Å². The number of ether oxygens (including phenoxy) is 1. The molecule has 76 valence electrons. The van der Waals surface area contributed by atoms with Gasteiger partial charge in [-0.05, 0) is 75.9 Å². The minimum Gasteiger partial charge on any atom is -0.344 e. The van der Waals surface area contributed by atoms with Crippen LogP contribution < -0.4 is 0 Å². The van der Waals surface area contributed by atoms with Crippen LogP contribution in [0, 0.1) is 0 Å². The molecule has 2 atom stereocenters. The molecule has 13 heavy (non-hydrogen) atoms. The van der Waals surface area contributed by atoms with Crippen LogP contribution in [0.25, 0.3) is 0 Å². The molecule has 7 heteroatoms. The second-order valence-corrected chi connectivity index (χ2v) is 9.10. The van der Waals surface area contributed by atoms with Gasteiger partial charge in [-0.1, -0.05) is 31.9 Å². The molecule has 0 aromatic rings. The molecule has 2 unspecified atom stereocenters. The van der Waals surface area contributed by atoms with Crippen molar-refractivity contribution in [3.63, 3.8) is 0 Å². The Balaban J connectivity index is 3.99. The zero-order valence-corrected chi connectivity index (χ0v) is 15.5. The van der Waals surface area contributed by atoms with Gasteiger partial charge in [-0.25, -0.2) is 0 Å². The number of alkyl halides is 2. The van der Waals surface area contributed by atoms with Crippen molar-refractivity contribution in [3.05, 3.63) is 18.9 Å². The molecule has 0 bridgehead atoms. The zero-order chi connectivity index (χ0) is 10.4. The van der Waals surface area contributed by atoms with Crippen LogP contribution >= 0.6 is 95.6 Å². The molecule has 0 aliphatic heterocycles. The van der Waals surface area contributed by atoms with E-state index in [9.17, 15) is 0 Å². The van der Waals surface area contributed by atoms with Gasteiger partial charge in [-0.15, -0.1) is 0 Å². The molecule has 0 saturated carbocycles. The first-order chi connectivity index (χ1) is 5.91. The standard InChI is InChI=1S/C6H4Br6O/c7-3(8)1-5(11)13-6(12)2-4(9)10/h1-2,5-6H. The third-order valence-electron chi connectivity index (χ3n) is 0.774. The number of halogens is 6. The fourth-order valence-electron chi connectivity index (χ4n) is 0.401. The van der Waals surface area contributed by atoms with Crippen molar-refractivity contribution < 1.29 is 4.74 Å². The average Bonchev–Trinajstić information content (AvgIpc) is 1.80. The smallest absolute Gasteiger partial charge is 0.134 e. The molecular formula is C6H4Br6O. The van der Waals surface area contributed by atoms with E-state index in [1.54, 1.807) is 0 Å². The van der Waals surface area contributed by atoms with E-state index in [4.69, 9.17) is 4.74 Å². The van der Waals surface area contributed by atoms with E-state index in [0.717, 1.165) is 6.78 Å². The number of hydrogen-bond acceptors (Lipinski definition) is 1. The fourth-order valence-corrected chi connectivity index (χ4v) is 4.06. The van der Waals surface area contributed by atoms with Crippen LogP contribution in [0.4, 0.5) is 0 Å². The minimum atomic E-state index is -0.166. The predicted octanol–water partition coefficient (Wildman–Crippen LogP) is 5.71. The first-order valence-electron chi connectivity index (χ1n) is 2.91. The summed E-state index contributed by atoms with van der Waals surface area (Å²) in [5.74, 6) is 0. The minimum absolute atomic E-state index is 0.166. The molecule has 0 N–H and O–H groups in total. The summed E-state index contributed by atoms with van der Waals surface area (Å²) in [5.41, 5.74) is 0. The van der Waals surface area contributed by atoms with Gasteiger partial charge in [0.15, 0.2) is 0 Å². The van der Waals surface area contributed by atoms with Gasteiger partial charge in [0.05, 0.1) is 6.78 Å². The van der Waals surface area contributed by atoms with Crippen LogP contribution in [-0.2, 0) is 4.74 Å². The molecule has 0 amide bonds. The van der Waals surface area contributed by atoms with Crippen LogP contribution in [0.5, 0.6) is 0 Å². The summed E-state index contributed by atoms with van der Waals surface area (Å²) in [6.45, 7) is 0. The Hall–Kier alpha value is 2.32. The Kier molecular flexibility index (Phi) is 9.98. The van der Waals surface area contributed by atoms with Crippen molar-refractivity contribution in [1.82, 2.24) is 0 Å². The third-order valence-corrected chi connectivity index (χ3v) is 2.79. The van der Waals surface area contributed by atoms with Gasteiger partial charge in [-0.3, -0.25) is 0 Å². The first-order valence-corrected chi connectivity index (χ1v) is 7.91. The molecule has 0 radical (unpaired) electrons. The second kappa shape index (κ2) is 8.47. The number of hydrogen-bond donors (Lipinski definition) is 0. The van der Waals surface area contributed by atoms with E-state index in [1.165, 1.54) is 0 Å². The Morgan fingerprint density at radius 3 is 1.38 bits per heavy atom. The van der Waals surface area contributed by atoms with E-state index in [-0.39, 0.29) is 10.0 Å². The van der Waals surface area contributed by atoms with Crippen LogP contribution in [0.3, 0.4) is 0 Å². The van der Waals surface area contributed by atoms with Crippen molar-refractivity contribution >= 4 is 95.6 Å². The van der Waals surface area contributed by atoms with Crippen LogP contribution in [0.1, 0.15) is 0 Å². The molecule has 0 fully saturated rings. The highest BCUT2D eigenvalue weighted by Crippen LogP contribution is 2.23. The Labute approximate surface area is 128 Å². The van der Waals surface area contributed by atoms with Gasteiger partial charge in [0.2, 0.25) is 0 Å². The highest BCUT2D eigenvalue weighted by Gasteiger charge is 2.07. The molecule has 0 rings (SSSR count). The van der Waals surface area contributed by atoms with E-state index < -0.39 is 0 Å². The molecular weight excluding hydrogens is 567 g/mol. The lowest BCUT2D eigenvalue weighted by Crippen LogP contribution is -2.07. The maximum Gasteiger partial charge on any atom is 0.134 e. The quantitative estimate of drug-likeness (QED) is 0.393. The van der Waals surface area contributed by atoms with Crippen molar-refractivity contribution in [1.29, 1.82) is 0 Å². The van der Waals surface area contributed by atoms with Gasteiger partial charge in [0, 0.05) is 0 Å². The summed E-state index contributed by atoms with van der Waals surface area (Å²) in [6.07, 6.45) is 3.65. The molecule has 0 heterocycles. The van der Waals surface area contributed by atoms with E-state index in [0.29, 0.717) is 0 Å². The summed E-state index contributed by atoms with van der Waals surface area (Å²) in [5, 5.41) is -0.331. The van der Waals surface area contributed by atoms with Gasteiger partial charge in [-0.2, -0.15) is 0 Å². The monoisotopic (exact) mass is 566 g/mol. The fraction of sp³-hybridized carbons (Fsp3) is 0.333. The maximum atomic E-state index is 5.43. The van der Waals surface area contributed by atoms with Crippen molar-refractivity contribution in [3.8, 4) is 0 Å². The first kappa shape index (κ1) is 15.3. The molecule has 0 aromatic heterocycles. The van der Waals surface area contributed by atoms with Gasteiger partial charge >= 0.3 is 0 Å². The summed E-state index contributed by atoms with van der Waals surface area (Å²) in [7, 11) is 0. The summed E-state index contributed by atoms with van der Waals surface area (Å²) in [6, 6.07) is 0. The highest BCUT2D eigenvalue weighted by molar-refractivity contribution is 9.28. The zero-order valence-electron chi connectivity index (χ0n) is 5.99. The largest absolute Gasteiger partial charge is 0.344 e. The normalized spacial score (nSPS) is 14.6. The maximum absolute atomic E-state index is 5.43. The van der Waals surface area contributed by atoms with Crippen LogP contribution in [-0.4, -0.2) is 10.0 Å². The van der Waals surface area contributed by atoms with Crippen molar-refractivity contribution in [2.24, 2.45) is 0 Å². The lowest BCUT2D eigenvalue weighted by atomic mass is 10.6. The van der Waals surface area contributed by atoms with Crippen molar-refractivity contribution in [2.75, 3.05) is 0 Å². The third kappa shape index (κ3) is 10.6. The average molecular weight is 572 g/mol. The second-order valence-electron chi connectivity index (χ2n) is 1.75. The Bertz CT molecular complexity index is 183. The summed E-state index contributed by atoms with van der Waals surface area (Å²) < 4.78 is 7.11. The van der Waals surface area contributed by atoms with Gasteiger partial charge < -0.3 is 4.74 Å². The lowest BCUT2D eigenvalue weighted by Gasteiger charge is -2.10. The van der Waals surface area contributed by atoms with E-state index >= 15 is 0 Å². The van der Waals surface area contributed by atoms with Crippen molar-refractivity contribution in [2.45, 2.75) is 10.0 Å². The molecule has 0 aliphatic carbocycles. The Morgan fingerprint density at radius 2 is 1.15 bits per heavy atom. The molecule has 1 nitrogen and oxygen atoms in total. The molecule has 0 aromatic carbocycles. The summed E-state index contributed by atoms with van der Waals surface area (Å²) in [4.78, 5) is 0. The predicted molar refractivity (Wildman–Crippen MR) is 78.4 cm³/mol. The SMILES string of the molecule is BrC(Br)=CC(Br)OC(Br)C=C(Br)Br. The molecule has 0 saturated heterocycles.